The first kappa shape index (κ1) is 14.3. The molecule has 1 aromatic heterocycles. The number of furan rings is 1. The Morgan fingerprint density at radius 1 is 1.38 bits per heavy atom. The largest absolute Gasteiger partial charge is 0.453 e. The van der Waals surface area contributed by atoms with Crippen molar-refractivity contribution < 1.29 is 9.21 Å². The van der Waals surface area contributed by atoms with Crippen LogP contribution in [0.25, 0.3) is 11.0 Å². The van der Waals surface area contributed by atoms with E-state index in [1.807, 2.05) is 31.2 Å². The molecule has 0 amide bonds. The average Bonchev–Trinajstić information content (AvgIpc) is 2.93. The van der Waals surface area contributed by atoms with Gasteiger partial charge in [0.2, 0.25) is 5.78 Å². The molecule has 0 unspecified atom stereocenters. The van der Waals surface area contributed by atoms with E-state index in [0.29, 0.717) is 18.2 Å². The minimum absolute atomic E-state index is 0.0903. The van der Waals surface area contributed by atoms with Crippen molar-refractivity contribution in [1.82, 2.24) is 0 Å². The summed E-state index contributed by atoms with van der Waals surface area (Å²) < 4.78 is 5.86. The summed E-state index contributed by atoms with van der Waals surface area (Å²) in [5.41, 5.74) is 7.44. The molecule has 0 atom stereocenters. The van der Waals surface area contributed by atoms with Crippen molar-refractivity contribution in [2.45, 2.75) is 39.5 Å². The second-order valence-electron chi connectivity index (χ2n) is 6.60. The van der Waals surface area contributed by atoms with Crippen LogP contribution in [0.15, 0.2) is 28.7 Å². The minimum Gasteiger partial charge on any atom is -0.453 e. The van der Waals surface area contributed by atoms with Crippen molar-refractivity contribution in [2.75, 3.05) is 6.54 Å². The zero-order valence-corrected chi connectivity index (χ0v) is 12.8. The summed E-state index contributed by atoms with van der Waals surface area (Å²) in [5.74, 6) is 1.25. The van der Waals surface area contributed by atoms with E-state index in [1.165, 1.54) is 0 Å². The number of carbonyl (C=O) groups is 1. The first-order chi connectivity index (χ1) is 10.1. The predicted molar refractivity (Wildman–Crippen MR) is 84.4 cm³/mol. The van der Waals surface area contributed by atoms with Gasteiger partial charge in [0.1, 0.15) is 5.58 Å². The van der Waals surface area contributed by atoms with Crippen LogP contribution in [0.3, 0.4) is 0 Å². The van der Waals surface area contributed by atoms with Crippen LogP contribution < -0.4 is 5.73 Å². The summed E-state index contributed by atoms with van der Waals surface area (Å²) in [7, 11) is 0. The number of Topliss-reactive ketones (excluding diaryl/α,β-unsaturated/α-hetero) is 1. The number of ketones is 1. The topological polar surface area (TPSA) is 56.2 Å². The SMILES string of the molecule is Cc1cccc2cc(C(=O)C3(CN)CCC(C)CC3)oc12. The number of rotatable bonds is 3. The van der Waals surface area contributed by atoms with E-state index in [9.17, 15) is 4.79 Å². The van der Waals surface area contributed by atoms with Gasteiger partial charge in [0.15, 0.2) is 5.76 Å². The van der Waals surface area contributed by atoms with Gasteiger partial charge in [-0.3, -0.25) is 4.79 Å². The van der Waals surface area contributed by atoms with E-state index >= 15 is 0 Å². The maximum absolute atomic E-state index is 13.0. The summed E-state index contributed by atoms with van der Waals surface area (Å²) in [6.07, 6.45) is 3.89. The molecule has 3 nitrogen and oxygen atoms in total. The Morgan fingerprint density at radius 2 is 2.10 bits per heavy atom. The first-order valence-electron chi connectivity index (χ1n) is 7.80. The van der Waals surface area contributed by atoms with E-state index in [4.69, 9.17) is 10.2 Å². The van der Waals surface area contributed by atoms with E-state index in [-0.39, 0.29) is 5.78 Å². The lowest BCUT2D eigenvalue weighted by atomic mass is 9.68. The predicted octanol–water partition coefficient (Wildman–Crippen LogP) is 4.08. The number of para-hydroxylation sites is 1. The van der Waals surface area contributed by atoms with Gasteiger partial charge in [0.05, 0.1) is 0 Å². The second kappa shape index (κ2) is 5.30. The minimum atomic E-state index is -0.422. The van der Waals surface area contributed by atoms with Gasteiger partial charge in [-0.15, -0.1) is 0 Å². The van der Waals surface area contributed by atoms with E-state index in [2.05, 4.69) is 6.92 Å². The van der Waals surface area contributed by atoms with Crippen LogP contribution >= 0.6 is 0 Å². The lowest BCUT2D eigenvalue weighted by Crippen LogP contribution is -2.41. The molecule has 112 valence electrons. The molecule has 1 heterocycles. The summed E-state index contributed by atoms with van der Waals surface area (Å²) in [5, 5.41) is 0.995. The van der Waals surface area contributed by atoms with Gasteiger partial charge >= 0.3 is 0 Å². The lowest BCUT2D eigenvalue weighted by Gasteiger charge is -2.36. The number of hydrogen-bond donors (Lipinski definition) is 1. The number of carbonyl (C=O) groups excluding carboxylic acids is 1. The highest BCUT2D eigenvalue weighted by atomic mass is 16.3. The molecule has 2 N–H and O–H groups in total. The van der Waals surface area contributed by atoms with Crippen LogP contribution in [0.4, 0.5) is 0 Å². The highest BCUT2D eigenvalue weighted by Gasteiger charge is 2.41. The second-order valence-corrected chi connectivity index (χ2v) is 6.60. The Bertz CT molecular complexity index is 663. The molecule has 3 heteroatoms. The highest BCUT2D eigenvalue weighted by molar-refractivity contribution is 6.01. The van der Waals surface area contributed by atoms with Crippen molar-refractivity contribution in [3.8, 4) is 0 Å². The zero-order valence-electron chi connectivity index (χ0n) is 12.8. The molecule has 1 saturated carbocycles. The molecule has 0 aliphatic heterocycles. The third-order valence-corrected chi connectivity index (χ3v) is 5.07. The number of hydrogen-bond acceptors (Lipinski definition) is 3. The van der Waals surface area contributed by atoms with Crippen molar-refractivity contribution in [3.63, 3.8) is 0 Å². The molecule has 1 aliphatic carbocycles. The van der Waals surface area contributed by atoms with Crippen LogP contribution in [0, 0.1) is 18.3 Å². The fourth-order valence-electron chi connectivity index (χ4n) is 3.42. The first-order valence-corrected chi connectivity index (χ1v) is 7.80. The molecule has 21 heavy (non-hydrogen) atoms. The van der Waals surface area contributed by atoms with Gasteiger partial charge in [-0.2, -0.15) is 0 Å². The third-order valence-electron chi connectivity index (χ3n) is 5.07. The van der Waals surface area contributed by atoms with E-state index in [0.717, 1.165) is 42.2 Å². The van der Waals surface area contributed by atoms with Crippen LogP contribution in [0.1, 0.15) is 48.7 Å². The Hall–Kier alpha value is -1.61. The third kappa shape index (κ3) is 2.40. The number of aryl methyl sites for hydroxylation is 1. The molecule has 0 bridgehead atoms. The summed E-state index contributed by atoms with van der Waals surface area (Å²) >= 11 is 0. The molecule has 3 rings (SSSR count). The molecule has 1 aromatic carbocycles. The maximum atomic E-state index is 13.0. The summed E-state index contributed by atoms with van der Waals surface area (Å²) in [6.45, 7) is 4.66. The quantitative estimate of drug-likeness (QED) is 0.864. The fraction of sp³-hybridized carbons (Fsp3) is 0.500. The Morgan fingerprint density at radius 3 is 2.71 bits per heavy atom. The molecular formula is C18H23NO2. The molecule has 2 aromatic rings. The lowest BCUT2D eigenvalue weighted by molar-refractivity contribution is 0.0667. The number of fused-ring (bicyclic) bond motifs is 1. The van der Waals surface area contributed by atoms with E-state index in [1.54, 1.807) is 0 Å². The fourth-order valence-corrected chi connectivity index (χ4v) is 3.42. The number of benzene rings is 1. The zero-order chi connectivity index (χ0) is 15.0. The Balaban J connectivity index is 1.97. The Labute approximate surface area is 125 Å². The van der Waals surface area contributed by atoms with Gasteiger partial charge in [0, 0.05) is 17.3 Å². The van der Waals surface area contributed by atoms with Crippen LogP contribution in [0.5, 0.6) is 0 Å². The van der Waals surface area contributed by atoms with Crippen LogP contribution in [0.2, 0.25) is 0 Å². The van der Waals surface area contributed by atoms with Gasteiger partial charge < -0.3 is 10.2 Å². The standard InChI is InChI=1S/C18H23NO2/c1-12-6-8-18(11-19,9-7-12)17(20)15-10-14-5-3-4-13(2)16(14)21-15/h3-5,10,12H,6-9,11,19H2,1-2H3. The molecule has 0 saturated heterocycles. The highest BCUT2D eigenvalue weighted by Crippen LogP contribution is 2.41. The molecule has 0 radical (unpaired) electrons. The van der Waals surface area contributed by atoms with Gasteiger partial charge in [0.25, 0.3) is 0 Å². The molecule has 1 aliphatic rings. The van der Waals surface area contributed by atoms with Crippen LogP contribution in [-0.4, -0.2) is 12.3 Å². The van der Waals surface area contributed by atoms with Gasteiger partial charge in [-0.1, -0.05) is 25.1 Å². The van der Waals surface area contributed by atoms with Crippen molar-refractivity contribution in [1.29, 1.82) is 0 Å². The molecule has 1 fully saturated rings. The molecule has 0 spiro atoms. The average molecular weight is 285 g/mol. The maximum Gasteiger partial charge on any atom is 0.205 e. The summed E-state index contributed by atoms with van der Waals surface area (Å²) in [4.78, 5) is 13.0. The van der Waals surface area contributed by atoms with Gasteiger partial charge in [-0.05, 0) is 50.2 Å². The Kier molecular flexibility index (Phi) is 3.62. The van der Waals surface area contributed by atoms with E-state index < -0.39 is 5.41 Å². The van der Waals surface area contributed by atoms with Crippen LogP contribution in [-0.2, 0) is 0 Å². The number of nitrogens with two attached hydrogens (primary N) is 1. The molecular weight excluding hydrogens is 262 g/mol. The smallest absolute Gasteiger partial charge is 0.205 e. The van der Waals surface area contributed by atoms with Crippen molar-refractivity contribution >= 4 is 16.8 Å². The van der Waals surface area contributed by atoms with Gasteiger partial charge in [-0.25, -0.2) is 0 Å². The van der Waals surface area contributed by atoms with Crippen molar-refractivity contribution in [2.24, 2.45) is 17.1 Å². The monoisotopic (exact) mass is 285 g/mol. The summed E-state index contributed by atoms with van der Waals surface area (Å²) in [6, 6.07) is 7.85. The van der Waals surface area contributed by atoms with Crippen molar-refractivity contribution in [3.05, 3.63) is 35.6 Å². The normalized spacial score (nSPS) is 26.1.